The van der Waals surface area contributed by atoms with E-state index in [1.807, 2.05) is 55.5 Å². The Balaban J connectivity index is 1.77. The fourth-order valence-electron chi connectivity index (χ4n) is 3.27. The molecule has 0 aliphatic carbocycles. The molecule has 1 amide bonds. The van der Waals surface area contributed by atoms with Gasteiger partial charge in [-0.05, 0) is 48.9 Å². The lowest BCUT2D eigenvalue weighted by Crippen LogP contribution is -2.30. The molecular weight excluding hydrogens is 444 g/mol. The molecule has 0 aliphatic rings. The van der Waals surface area contributed by atoms with Crippen molar-refractivity contribution in [2.75, 3.05) is 17.8 Å². The number of rotatable bonds is 7. The summed E-state index contributed by atoms with van der Waals surface area (Å²) in [6.07, 6.45) is 1.13. The van der Waals surface area contributed by atoms with Gasteiger partial charge in [0.1, 0.15) is 5.75 Å². The van der Waals surface area contributed by atoms with E-state index in [2.05, 4.69) is 4.98 Å². The van der Waals surface area contributed by atoms with Crippen LogP contribution in [0.4, 0.5) is 5.13 Å². The van der Waals surface area contributed by atoms with Gasteiger partial charge in [-0.15, -0.1) is 0 Å². The van der Waals surface area contributed by atoms with Crippen LogP contribution in [0, 0.1) is 0 Å². The van der Waals surface area contributed by atoms with Crippen molar-refractivity contribution in [3.8, 4) is 5.75 Å². The molecule has 0 saturated heterocycles. The van der Waals surface area contributed by atoms with Crippen LogP contribution in [-0.4, -0.2) is 32.2 Å². The minimum absolute atomic E-state index is 0.105. The first-order valence-electron chi connectivity index (χ1n) is 10.0. The zero-order chi connectivity index (χ0) is 22.7. The van der Waals surface area contributed by atoms with Gasteiger partial charge in [0, 0.05) is 11.8 Å². The highest BCUT2D eigenvalue weighted by Crippen LogP contribution is 2.33. The Hall–Kier alpha value is -3.23. The number of hydrogen-bond donors (Lipinski definition) is 0. The molecule has 0 fully saturated rings. The highest BCUT2D eigenvalue weighted by molar-refractivity contribution is 7.90. The normalized spacial score (nSPS) is 11.4. The number of amides is 1. The number of hydrogen-bond acceptors (Lipinski definition) is 6. The third kappa shape index (κ3) is 4.81. The van der Waals surface area contributed by atoms with Crippen LogP contribution in [0.3, 0.4) is 0 Å². The zero-order valence-electron chi connectivity index (χ0n) is 17.7. The molecule has 0 unspecified atom stereocenters. The number of benzene rings is 3. The fourth-order valence-corrected chi connectivity index (χ4v) is 4.93. The summed E-state index contributed by atoms with van der Waals surface area (Å²) in [7, 11) is -3.44. The standard InChI is InChI=1S/C24H22N2O4S2/c1-3-30-19-12-13-21-22(15-19)31-24(25-21)26(16-17-8-5-4-6-9-17)23(27)18-10-7-11-20(14-18)32(2,28)29/h4-15H,3,16H2,1-2H3. The number of thiazole rings is 1. The molecule has 1 heterocycles. The summed E-state index contributed by atoms with van der Waals surface area (Å²) in [6, 6.07) is 21.4. The summed E-state index contributed by atoms with van der Waals surface area (Å²) in [6.45, 7) is 2.79. The predicted molar refractivity (Wildman–Crippen MR) is 127 cm³/mol. The van der Waals surface area contributed by atoms with E-state index in [1.165, 1.54) is 23.5 Å². The fraction of sp³-hybridized carbons (Fsp3) is 0.167. The molecule has 4 rings (SSSR count). The average Bonchev–Trinajstić information content (AvgIpc) is 3.20. The second kappa shape index (κ2) is 9.10. The number of sulfone groups is 1. The summed E-state index contributed by atoms with van der Waals surface area (Å²) >= 11 is 1.39. The van der Waals surface area contributed by atoms with Crippen LogP contribution in [-0.2, 0) is 16.4 Å². The molecule has 0 N–H and O–H groups in total. The number of carbonyl (C=O) groups is 1. The maximum atomic E-state index is 13.5. The predicted octanol–water partition coefficient (Wildman–Crippen LogP) is 4.95. The lowest BCUT2D eigenvalue weighted by Gasteiger charge is -2.20. The van der Waals surface area contributed by atoms with Crippen molar-refractivity contribution >= 4 is 42.4 Å². The Bertz CT molecular complexity index is 1370. The number of ether oxygens (including phenoxy) is 1. The second-order valence-corrected chi connectivity index (χ2v) is 10.3. The molecule has 32 heavy (non-hydrogen) atoms. The van der Waals surface area contributed by atoms with E-state index in [0.717, 1.165) is 27.8 Å². The van der Waals surface area contributed by atoms with Crippen LogP contribution < -0.4 is 9.64 Å². The van der Waals surface area contributed by atoms with E-state index in [0.29, 0.717) is 18.3 Å². The van der Waals surface area contributed by atoms with Crippen LogP contribution in [0.2, 0.25) is 0 Å². The molecule has 8 heteroatoms. The first kappa shape index (κ1) is 22.0. The van der Waals surface area contributed by atoms with Crippen LogP contribution in [0.15, 0.2) is 77.7 Å². The van der Waals surface area contributed by atoms with E-state index in [-0.39, 0.29) is 16.4 Å². The summed E-state index contributed by atoms with van der Waals surface area (Å²) < 4.78 is 30.5. The van der Waals surface area contributed by atoms with Gasteiger partial charge in [0.15, 0.2) is 15.0 Å². The van der Waals surface area contributed by atoms with E-state index >= 15 is 0 Å². The third-order valence-electron chi connectivity index (χ3n) is 4.83. The molecular formula is C24H22N2O4S2. The summed E-state index contributed by atoms with van der Waals surface area (Å²) in [5.41, 5.74) is 2.00. The molecule has 0 saturated carbocycles. The van der Waals surface area contributed by atoms with Gasteiger partial charge in [0.25, 0.3) is 5.91 Å². The van der Waals surface area contributed by atoms with Crippen molar-refractivity contribution in [2.45, 2.75) is 18.4 Å². The van der Waals surface area contributed by atoms with Crippen LogP contribution >= 0.6 is 11.3 Å². The lowest BCUT2D eigenvalue weighted by atomic mass is 10.1. The van der Waals surface area contributed by atoms with E-state index in [9.17, 15) is 13.2 Å². The van der Waals surface area contributed by atoms with Crippen molar-refractivity contribution in [3.63, 3.8) is 0 Å². The number of fused-ring (bicyclic) bond motifs is 1. The molecule has 0 spiro atoms. The van der Waals surface area contributed by atoms with Crippen molar-refractivity contribution in [1.82, 2.24) is 4.98 Å². The minimum Gasteiger partial charge on any atom is -0.494 e. The smallest absolute Gasteiger partial charge is 0.260 e. The molecule has 0 radical (unpaired) electrons. The Labute approximate surface area is 191 Å². The summed E-state index contributed by atoms with van der Waals surface area (Å²) in [4.78, 5) is 19.9. The molecule has 3 aromatic carbocycles. The highest BCUT2D eigenvalue weighted by atomic mass is 32.2. The summed E-state index contributed by atoms with van der Waals surface area (Å²) in [5.74, 6) is 0.431. The lowest BCUT2D eigenvalue weighted by molar-refractivity contribution is 0.0985. The van der Waals surface area contributed by atoms with Gasteiger partial charge in [0.05, 0.1) is 28.3 Å². The molecule has 0 bridgehead atoms. The topological polar surface area (TPSA) is 76.6 Å². The first-order chi connectivity index (χ1) is 15.3. The van der Waals surface area contributed by atoms with Gasteiger partial charge < -0.3 is 4.74 Å². The second-order valence-electron chi connectivity index (χ2n) is 7.24. The monoisotopic (exact) mass is 466 g/mol. The van der Waals surface area contributed by atoms with Crippen LogP contribution in [0.1, 0.15) is 22.8 Å². The van der Waals surface area contributed by atoms with Gasteiger partial charge in [0.2, 0.25) is 0 Å². The molecule has 0 aliphatic heterocycles. The molecule has 6 nitrogen and oxygen atoms in total. The molecule has 164 valence electrons. The quantitative estimate of drug-likeness (QED) is 0.385. The maximum Gasteiger partial charge on any atom is 0.260 e. The minimum atomic E-state index is -3.44. The van der Waals surface area contributed by atoms with Gasteiger partial charge in [-0.2, -0.15) is 0 Å². The van der Waals surface area contributed by atoms with Crippen molar-refractivity contribution in [2.24, 2.45) is 0 Å². The summed E-state index contributed by atoms with van der Waals surface area (Å²) in [5, 5.41) is 0.535. The Kier molecular flexibility index (Phi) is 6.25. The third-order valence-corrected chi connectivity index (χ3v) is 6.98. The van der Waals surface area contributed by atoms with Gasteiger partial charge in [-0.1, -0.05) is 47.7 Å². The van der Waals surface area contributed by atoms with Gasteiger partial charge in [-0.25, -0.2) is 13.4 Å². The van der Waals surface area contributed by atoms with E-state index < -0.39 is 9.84 Å². The van der Waals surface area contributed by atoms with Crippen molar-refractivity contribution < 1.29 is 17.9 Å². The number of carbonyl (C=O) groups excluding carboxylic acids is 1. The molecule has 0 atom stereocenters. The largest absolute Gasteiger partial charge is 0.494 e. The first-order valence-corrected chi connectivity index (χ1v) is 12.8. The Morgan fingerprint density at radius 3 is 2.53 bits per heavy atom. The van der Waals surface area contributed by atoms with Crippen molar-refractivity contribution in [1.29, 1.82) is 0 Å². The SMILES string of the molecule is CCOc1ccc2nc(N(Cc3ccccc3)C(=O)c3cccc(S(C)(=O)=O)c3)sc2c1. The van der Waals surface area contributed by atoms with Gasteiger partial charge in [-0.3, -0.25) is 9.69 Å². The van der Waals surface area contributed by atoms with Crippen LogP contribution in [0.25, 0.3) is 10.2 Å². The number of anilines is 1. The Morgan fingerprint density at radius 1 is 1.03 bits per heavy atom. The van der Waals surface area contributed by atoms with E-state index in [4.69, 9.17) is 4.74 Å². The number of aromatic nitrogens is 1. The Morgan fingerprint density at radius 2 is 1.81 bits per heavy atom. The zero-order valence-corrected chi connectivity index (χ0v) is 19.3. The van der Waals surface area contributed by atoms with Gasteiger partial charge >= 0.3 is 0 Å². The maximum absolute atomic E-state index is 13.5. The van der Waals surface area contributed by atoms with E-state index in [1.54, 1.807) is 17.0 Å². The molecule has 4 aromatic rings. The molecule has 1 aromatic heterocycles. The average molecular weight is 467 g/mol. The van der Waals surface area contributed by atoms with Crippen molar-refractivity contribution in [3.05, 3.63) is 83.9 Å². The number of nitrogens with zero attached hydrogens (tertiary/aromatic N) is 2. The van der Waals surface area contributed by atoms with Crippen LogP contribution in [0.5, 0.6) is 5.75 Å². The highest BCUT2D eigenvalue weighted by Gasteiger charge is 2.23.